The van der Waals surface area contributed by atoms with E-state index in [1.807, 2.05) is 109 Å². The van der Waals surface area contributed by atoms with Crippen molar-refractivity contribution in [3.05, 3.63) is 132 Å². The highest BCUT2D eigenvalue weighted by molar-refractivity contribution is 6.30. The van der Waals surface area contributed by atoms with Crippen LogP contribution in [0.4, 0.5) is 0 Å². The number of oxazole rings is 1. The van der Waals surface area contributed by atoms with Crippen molar-refractivity contribution < 1.29 is 4.42 Å². The van der Waals surface area contributed by atoms with Crippen LogP contribution in [0.25, 0.3) is 67.8 Å². The van der Waals surface area contributed by atoms with Gasteiger partial charge in [-0.1, -0.05) is 103 Å². The molecule has 0 bridgehead atoms. The highest BCUT2D eigenvalue weighted by atomic mass is 35.5. The Morgan fingerprint density at radius 2 is 0.900 bits per heavy atom. The molecule has 40 heavy (non-hydrogen) atoms. The van der Waals surface area contributed by atoms with Crippen LogP contribution in [-0.2, 0) is 0 Å². The molecule has 7 rings (SSSR count). The lowest BCUT2D eigenvalue weighted by atomic mass is 10.0. The summed E-state index contributed by atoms with van der Waals surface area (Å²) in [6.45, 7) is 0. The second-order valence-electron chi connectivity index (χ2n) is 9.32. The lowest BCUT2D eigenvalue weighted by Gasteiger charge is -2.09. The number of rotatable bonds is 5. The van der Waals surface area contributed by atoms with Crippen molar-refractivity contribution in [1.29, 1.82) is 0 Å². The number of nitrogens with zero attached hydrogens (tertiary/aromatic N) is 4. The highest BCUT2D eigenvalue weighted by Gasteiger charge is 2.13. The molecule has 0 unspecified atom stereocenters. The summed E-state index contributed by atoms with van der Waals surface area (Å²) in [5, 5.41) is 0.676. The van der Waals surface area contributed by atoms with Crippen molar-refractivity contribution in [3.8, 4) is 56.7 Å². The van der Waals surface area contributed by atoms with Crippen molar-refractivity contribution in [2.45, 2.75) is 0 Å². The Balaban J connectivity index is 1.24. The Kier molecular flexibility index (Phi) is 6.11. The maximum Gasteiger partial charge on any atom is 0.227 e. The summed E-state index contributed by atoms with van der Waals surface area (Å²) in [6, 6.07) is 41.7. The van der Waals surface area contributed by atoms with E-state index in [0.29, 0.717) is 28.4 Å². The van der Waals surface area contributed by atoms with Gasteiger partial charge in [-0.3, -0.25) is 0 Å². The van der Waals surface area contributed by atoms with Gasteiger partial charge in [0.2, 0.25) is 5.89 Å². The fraction of sp³-hybridized carbons (Fsp3) is 0. The second-order valence-corrected chi connectivity index (χ2v) is 9.76. The van der Waals surface area contributed by atoms with Crippen LogP contribution in [0.1, 0.15) is 0 Å². The van der Waals surface area contributed by atoms with Crippen LogP contribution in [0.15, 0.2) is 132 Å². The second kappa shape index (κ2) is 10.2. The molecular weight excluding hydrogens is 516 g/mol. The minimum Gasteiger partial charge on any atom is -0.436 e. The molecule has 0 aliphatic heterocycles. The van der Waals surface area contributed by atoms with Crippen LogP contribution in [0.2, 0.25) is 5.02 Å². The SMILES string of the molecule is Clc1ccc(-c2nc3ccc(-c4ccc(-c5nc(-c6ccccc6)nc(-c6ccccc6)n5)cc4)cc3o2)cc1. The largest absolute Gasteiger partial charge is 0.436 e. The molecule has 2 aromatic heterocycles. The average Bonchev–Trinajstić information content (AvgIpc) is 3.46. The maximum atomic E-state index is 6.08. The fourth-order valence-electron chi connectivity index (χ4n) is 4.57. The Morgan fingerprint density at radius 1 is 0.425 bits per heavy atom. The van der Waals surface area contributed by atoms with Crippen molar-refractivity contribution in [2.24, 2.45) is 0 Å². The summed E-state index contributed by atoms with van der Waals surface area (Å²) in [5.41, 5.74) is 7.29. The Hall–Kier alpha value is -5.13. The van der Waals surface area contributed by atoms with Gasteiger partial charge in [0.1, 0.15) is 5.52 Å². The van der Waals surface area contributed by atoms with E-state index in [-0.39, 0.29) is 0 Å². The molecule has 0 aliphatic carbocycles. The van der Waals surface area contributed by atoms with Crippen molar-refractivity contribution in [1.82, 2.24) is 19.9 Å². The Morgan fingerprint density at radius 3 is 1.48 bits per heavy atom. The van der Waals surface area contributed by atoms with Crippen molar-refractivity contribution in [3.63, 3.8) is 0 Å². The van der Waals surface area contributed by atoms with E-state index < -0.39 is 0 Å². The van der Waals surface area contributed by atoms with Gasteiger partial charge in [0.25, 0.3) is 0 Å². The first-order chi connectivity index (χ1) is 19.7. The molecule has 0 saturated heterocycles. The van der Waals surface area contributed by atoms with Gasteiger partial charge in [-0.15, -0.1) is 0 Å². The zero-order valence-corrected chi connectivity index (χ0v) is 22.0. The third-order valence-corrected chi connectivity index (χ3v) is 6.91. The molecule has 0 spiro atoms. The van der Waals surface area contributed by atoms with E-state index in [0.717, 1.165) is 44.5 Å². The first kappa shape index (κ1) is 23.9. The number of aromatic nitrogens is 4. The summed E-state index contributed by atoms with van der Waals surface area (Å²) in [7, 11) is 0. The number of benzene rings is 5. The van der Waals surface area contributed by atoms with E-state index in [4.69, 9.17) is 31.0 Å². The standard InChI is InChI=1S/C34H21ClN4O/c35-28-18-15-26(16-19-28)34-36-29-20-17-27(21-30(29)40-34)22-11-13-25(14-12-22)33-38-31(23-7-3-1-4-8-23)37-32(39-33)24-9-5-2-6-10-24/h1-21H. The molecule has 2 heterocycles. The summed E-state index contributed by atoms with van der Waals surface area (Å²) in [4.78, 5) is 19.1. The first-order valence-corrected chi connectivity index (χ1v) is 13.2. The van der Waals surface area contributed by atoms with Gasteiger partial charge in [-0.05, 0) is 47.5 Å². The van der Waals surface area contributed by atoms with Gasteiger partial charge in [0, 0.05) is 27.3 Å². The molecule has 5 nitrogen and oxygen atoms in total. The van der Waals surface area contributed by atoms with Gasteiger partial charge in [-0.2, -0.15) is 0 Å². The molecule has 7 aromatic rings. The molecule has 0 saturated carbocycles. The normalized spacial score (nSPS) is 11.1. The van der Waals surface area contributed by atoms with E-state index in [2.05, 4.69) is 23.2 Å². The molecule has 6 heteroatoms. The molecule has 0 N–H and O–H groups in total. The smallest absolute Gasteiger partial charge is 0.227 e. The van der Waals surface area contributed by atoms with Crippen LogP contribution >= 0.6 is 11.6 Å². The Bertz CT molecular complexity index is 1880. The summed E-state index contributed by atoms with van der Waals surface area (Å²) in [5.74, 6) is 2.47. The van der Waals surface area contributed by atoms with Gasteiger partial charge >= 0.3 is 0 Å². The zero-order valence-electron chi connectivity index (χ0n) is 21.2. The van der Waals surface area contributed by atoms with Crippen molar-refractivity contribution in [2.75, 3.05) is 0 Å². The van der Waals surface area contributed by atoms with Crippen LogP contribution in [0, 0.1) is 0 Å². The minimum atomic E-state index is 0.567. The zero-order chi connectivity index (χ0) is 26.9. The lowest BCUT2D eigenvalue weighted by molar-refractivity contribution is 0.620. The molecule has 0 amide bonds. The molecule has 5 aromatic carbocycles. The maximum absolute atomic E-state index is 6.08. The minimum absolute atomic E-state index is 0.567. The van der Waals surface area contributed by atoms with Gasteiger partial charge in [0.05, 0.1) is 0 Å². The number of fused-ring (bicyclic) bond motifs is 1. The fourth-order valence-corrected chi connectivity index (χ4v) is 4.70. The summed E-state index contributed by atoms with van der Waals surface area (Å²) >= 11 is 6.03. The van der Waals surface area contributed by atoms with Crippen LogP contribution in [0.5, 0.6) is 0 Å². The molecular formula is C34H21ClN4O. The monoisotopic (exact) mass is 536 g/mol. The average molecular weight is 537 g/mol. The van der Waals surface area contributed by atoms with Gasteiger partial charge in [0.15, 0.2) is 23.1 Å². The summed E-state index contributed by atoms with van der Waals surface area (Å²) < 4.78 is 6.08. The first-order valence-electron chi connectivity index (χ1n) is 12.8. The van der Waals surface area contributed by atoms with Crippen LogP contribution < -0.4 is 0 Å². The van der Waals surface area contributed by atoms with Gasteiger partial charge < -0.3 is 4.42 Å². The van der Waals surface area contributed by atoms with E-state index in [9.17, 15) is 0 Å². The molecule has 0 fully saturated rings. The third-order valence-electron chi connectivity index (χ3n) is 6.66. The van der Waals surface area contributed by atoms with E-state index in [1.54, 1.807) is 0 Å². The van der Waals surface area contributed by atoms with Crippen LogP contribution in [-0.4, -0.2) is 19.9 Å². The third kappa shape index (κ3) is 4.75. The molecule has 0 radical (unpaired) electrons. The van der Waals surface area contributed by atoms with Crippen molar-refractivity contribution >= 4 is 22.7 Å². The molecule has 0 aliphatic rings. The topological polar surface area (TPSA) is 64.7 Å². The predicted octanol–water partition coefficient (Wildman–Crippen LogP) is 9.00. The van der Waals surface area contributed by atoms with Crippen LogP contribution in [0.3, 0.4) is 0 Å². The van der Waals surface area contributed by atoms with E-state index in [1.165, 1.54) is 0 Å². The number of hydrogen-bond acceptors (Lipinski definition) is 5. The Labute approximate surface area is 235 Å². The quantitative estimate of drug-likeness (QED) is 0.219. The number of halogens is 1. The van der Waals surface area contributed by atoms with Gasteiger partial charge in [-0.25, -0.2) is 19.9 Å². The lowest BCUT2D eigenvalue weighted by Crippen LogP contribution is -2.00. The summed E-state index contributed by atoms with van der Waals surface area (Å²) in [6.07, 6.45) is 0. The molecule has 190 valence electrons. The highest BCUT2D eigenvalue weighted by Crippen LogP contribution is 2.31. The molecule has 0 atom stereocenters. The predicted molar refractivity (Wildman–Crippen MR) is 160 cm³/mol. The number of hydrogen-bond donors (Lipinski definition) is 0. The van der Waals surface area contributed by atoms with E-state index >= 15 is 0 Å².